The fourth-order valence-electron chi connectivity index (χ4n) is 1.65. The van der Waals surface area contributed by atoms with Crippen LogP contribution < -0.4 is 5.32 Å². The predicted molar refractivity (Wildman–Crippen MR) is 67.6 cm³/mol. The van der Waals surface area contributed by atoms with E-state index in [1.807, 2.05) is 6.92 Å². The van der Waals surface area contributed by atoms with Crippen LogP contribution in [0.15, 0.2) is 42.7 Å². The molecule has 2 aromatic rings. The Morgan fingerprint density at radius 1 is 1.28 bits per heavy atom. The highest BCUT2D eigenvalue weighted by molar-refractivity contribution is 5.94. The quantitative estimate of drug-likeness (QED) is 0.901. The minimum atomic E-state index is -0.309. The Morgan fingerprint density at radius 3 is 2.83 bits per heavy atom. The zero-order valence-corrected chi connectivity index (χ0v) is 9.98. The average Bonchev–Trinajstić information content (AvgIpc) is 2.39. The van der Waals surface area contributed by atoms with Crippen LogP contribution in [-0.2, 0) is 0 Å². The van der Waals surface area contributed by atoms with Crippen molar-refractivity contribution in [2.24, 2.45) is 0 Å². The van der Waals surface area contributed by atoms with Gasteiger partial charge >= 0.3 is 0 Å². The van der Waals surface area contributed by atoms with Gasteiger partial charge in [0.15, 0.2) is 0 Å². The molecule has 18 heavy (non-hydrogen) atoms. The summed E-state index contributed by atoms with van der Waals surface area (Å²) in [7, 11) is 0. The standard InChI is InChI=1S/C14H13FN2O/c1-2-17-14(18)12-6-11(8-16-9-12)10-4-3-5-13(15)7-10/h3-9H,2H2,1H3,(H,17,18). The third-order valence-electron chi connectivity index (χ3n) is 2.50. The Bertz CT molecular complexity index is 569. The first-order chi connectivity index (χ1) is 8.70. The van der Waals surface area contributed by atoms with E-state index in [-0.39, 0.29) is 11.7 Å². The van der Waals surface area contributed by atoms with Crippen LogP contribution in [0, 0.1) is 5.82 Å². The first-order valence-corrected chi connectivity index (χ1v) is 5.70. The number of aromatic nitrogens is 1. The maximum absolute atomic E-state index is 13.1. The largest absolute Gasteiger partial charge is 0.352 e. The molecular weight excluding hydrogens is 231 g/mol. The van der Waals surface area contributed by atoms with Gasteiger partial charge in [0.25, 0.3) is 5.91 Å². The van der Waals surface area contributed by atoms with Crippen molar-refractivity contribution in [3.63, 3.8) is 0 Å². The number of hydrogen-bond acceptors (Lipinski definition) is 2. The van der Waals surface area contributed by atoms with Crippen LogP contribution in [0.3, 0.4) is 0 Å². The fraction of sp³-hybridized carbons (Fsp3) is 0.143. The van der Waals surface area contributed by atoms with Gasteiger partial charge in [0.05, 0.1) is 5.56 Å². The molecule has 4 heteroatoms. The summed E-state index contributed by atoms with van der Waals surface area (Å²) in [5.74, 6) is -0.487. The smallest absolute Gasteiger partial charge is 0.252 e. The zero-order valence-electron chi connectivity index (χ0n) is 9.98. The Morgan fingerprint density at radius 2 is 2.11 bits per heavy atom. The second kappa shape index (κ2) is 5.40. The molecule has 3 nitrogen and oxygen atoms in total. The lowest BCUT2D eigenvalue weighted by atomic mass is 10.1. The van der Waals surface area contributed by atoms with E-state index >= 15 is 0 Å². The molecule has 1 aromatic carbocycles. The van der Waals surface area contributed by atoms with Crippen molar-refractivity contribution in [1.29, 1.82) is 0 Å². The molecule has 0 bridgehead atoms. The summed E-state index contributed by atoms with van der Waals surface area (Å²) in [5.41, 5.74) is 1.89. The number of amides is 1. The van der Waals surface area contributed by atoms with Gasteiger partial charge in [-0.05, 0) is 30.7 Å². The Labute approximate surface area is 105 Å². The van der Waals surface area contributed by atoms with Gasteiger partial charge in [0, 0.05) is 24.5 Å². The summed E-state index contributed by atoms with van der Waals surface area (Å²) in [6.07, 6.45) is 3.10. The van der Waals surface area contributed by atoms with Crippen LogP contribution in [0.5, 0.6) is 0 Å². The number of nitrogens with zero attached hydrogens (tertiary/aromatic N) is 1. The number of carbonyl (C=O) groups excluding carboxylic acids is 1. The second-order valence-electron chi connectivity index (χ2n) is 3.83. The van der Waals surface area contributed by atoms with Crippen molar-refractivity contribution in [1.82, 2.24) is 10.3 Å². The molecule has 0 unspecified atom stereocenters. The van der Waals surface area contributed by atoms with Crippen LogP contribution in [0.4, 0.5) is 4.39 Å². The van der Waals surface area contributed by atoms with E-state index in [1.165, 1.54) is 18.3 Å². The highest BCUT2D eigenvalue weighted by Gasteiger charge is 2.07. The van der Waals surface area contributed by atoms with E-state index in [0.717, 1.165) is 5.56 Å². The third-order valence-corrected chi connectivity index (χ3v) is 2.50. The summed E-state index contributed by atoms with van der Waals surface area (Å²) in [6.45, 7) is 2.41. The fourth-order valence-corrected chi connectivity index (χ4v) is 1.65. The van der Waals surface area contributed by atoms with Gasteiger partial charge in [0.1, 0.15) is 5.82 Å². The molecule has 0 spiro atoms. The Balaban J connectivity index is 2.35. The molecule has 0 fully saturated rings. The Hall–Kier alpha value is -2.23. The molecule has 0 radical (unpaired) electrons. The molecule has 2 rings (SSSR count). The lowest BCUT2D eigenvalue weighted by Crippen LogP contribution is -2.22. The minimum absolute atomic E-state index is 0.178. The number of hydrogen-bond donors (Lipinski definition) is 1. The van der Waals surface area contributed by atoms with Crippen LogP contribution in [-0.4, -0.2) is 17.4 Å². The summed E-state index contributed by atoms with van der Waals surface area (Å²) >= 11 is 0. The van der Waals surface area contributed by atoms with Gasteiger partial charge in [-0.3, -0.25) is 9.78 Å². The number of pyridine rings is 1. The summed E-state index contributed by atoms with van der Waals surface area (Å²) in [5, 5.41) is 2.70. The average molecular weight is 244 g/mol. The van der Waals surface area contributed by atoms with Gasteiger partial charge in [-0.25, -0.2) is 4.39 Å². The molecule has 1 aromatic heterocycles. The van der Waals surface area contributed by atoms with E-state index in [2.05, 4.69) is 10.3 Å². The minimum Gasteiger partial charge on any atom is -0.352 e. The molecule has 1 heterocycles. The number of rotatable bonds is 3. The van der Waals surface area contributed by atoms with E-state index in [9.17, 15) is 9.18 Å². The van der Waals surface area contributed by atoms with E-state index < -0.39 is 0 Å². The SMILES string of the molecule is CCNC(=O)c1cncc(-c2cccc(F)c2)c1. The number of benzene rings is 1. The number of halogens is 1. The van der Waals surface area contributed by atoms with Gasteiger partial charge in [0.2, 0.25) is 0 Å². The third kappa shape index (κ3) is 2.71. The first kappa shape index (κ1) is 12.2. The van der Waals surface area contributed by atoms with Gasteiger partial charge in [-0.15, -0.1) is 0 Å². The second-order valence-corrected chi connectivity index (χ2v) is 3.83. The van der Waals surface area contributed by atoms with Crippen molar-refractivity contribution >= 4 is 5.91 Å². The molecular formula is C14H13FN2O. The summed E-state index contributed by atoms with van der Waals surface area (Å²) in [4.78, 5) is 15.7. The first-order valence-electron chi connectivity index (χ1n) is 5.70. The van der Waals surface area contributed by atoms with Crippen LogP contribution in [0.2, 0.25) is 0 Å². The van der Waals surface area contributed by atoms with Gasteiger partial charge in [-0.1, -0.05) is 12.1 Å². The monoisotopic (exact) mass is 244 g/mol. The van der Waals surface area contributed by atoms with Crippen molar-refractivity contribution in [2.45, 2.75) is 6.92 Å². The molecule has 0 saturated carbocycles. The Kier molecular flexibility index (Phi) is 3.67. The summed E-state index contributed by atoms with van der Waals surface area (Å²) < 4.78 is 13.1. The maximum atomic E-state index is 13.1. The molecule has 1 amide bonds. The van der Waals surface area contributed by atoms with E-state index in [1.54, 1.807) is 24.4 Å². The maximum Gasteiger partial charge on any atom is 0.252 e. The van der Waals surface area contributed by atoms with E-state index in [4.69, 9.17) is 0 Å². The summed E-state index contributed by atoms with van der Waals surface area (Å²) in [6, 6.07) is 7.90. The molecule has 0 aliphatic rings. The van der Waals surface area contributed by atoms with Crippen molar-refractivity contribution in [3.05, 3.63) is 54.1 Å². The molecule has 0 aliphatic carbocycles. The van der Waals surface area contributed by atoms with Crippen LogP contribution >= 0.6 is 0 Å². The van der Waals surface area contributed by atoms with Gasteiger partial charge in [-0.2, -0.15) is 0 Å². The lowest BCUT2D eigenvalue weighted by Gasteiger charge is -2.05. The number of nitrogens with one attached hydrogen (secondary N) is 1. The topological polar surface area (TPSA) is 42.0 Å². The molecule has 0 aliphatic heterocycles. The highest BCUT2D eigenvalue weighted by Crippen LogP contribution is 2.20. The highest BCUT2D eigenvalue weighted by atomic mass is 19.1. The predicted octanol–water partition coefficient (Wildman–Crippen LogP) is 2.64. The molecule has 0 saturated heterocycles. The zero-order chi connectivity index (χ0) is 13.0. The lowest BCUT2D eigenvalue weighted by molar-refractivity contribution is 0.0955. The van der Waals surface area contributed by atoms with Gasteiger partial charge < -0.3 is 5.32 Å². The number of carbonyl (C=O) groups is 1. The van der Waals surface area contributed by atoms with E-state index in [0.29, 0.717) is 17.7 Å². The normalized spacial score (nSPS) is 10.1. The molecule has 92 valence electrons. The van der Waals surface area contributed by atoms with Crippen molar-refractivity contribution in [2.75, 3.05) is 6.54 Å². The van der Waals surface area contributed by atoms with Crippen LogP contribution in [0.1, 0.15) is 17.3 Å². The molecule has 1 N–H and O–H groups in total. The van der Waals surface area contributed by atoms with Crippen molar-refractivity contribution in [3.8, 4) is 11.1 Å². The van der Waals surface area contributed by atoms with Crippen LogP contribution in [0.25, 0.3) is 11.1 Å². The van der Waals surface area contributed by atoms with Crippen molar-refractivity contribution < 1.29 is 9.18 Å². The molecule has 0 atom stereocenters.